The number of para-hydroxylation sites is 1. The van der Waals surface area contributed by atoms with Crippen molar-refractivity contribution >= 4 is 27.9 Å². The molecule has 0 aliphatic heterocycles. The van der Waals surface area contributed by atoms with Crippen LogP contribution in [0, 0.1) is 0 Å². The van der Waals surface area contributed by atoms with E-state index in [1.807, 2.05) is 0 Å². The lowest BCUT2D eigenvalue weighted by molar-refractivity contribution is 0.0699. The average Bonchev–Trinajstić information content (AvgIpc) is 2.87. The van der Waals surface area contributed by atoms with Crippen molar-refractivity contribution < 1.29 is 14.1 Å². The summed E-state index contributed by atoms with van der Waals surface area (Å²) in [6.45, 7) is 0. The monoisotopic (exact) mass is 286 g/mol. The molecule has 0 radical (unpaired) electrons. The minimum Gasteiger partial charge on any atom is -0.478 e. The summed E-state index contributed by atoms with van der Waals surface area (Å²) in [7, 11) is -1.53. The Morgan fingerprint density at radius 1 is 1.20 bits per heavy atom. The quantitative estimate of drug-likeness (QED) is 0.802. The number of benzene rings is 1. The Hall–Kier alpha value is -2.47. The Balaban J connectivity index is 2.22. The number of fused-ring (bicyclic) bond motifs is 1. The Labute approximate surface area is 117 Å². The van der Waals surface area contributed by atoms with Crippen LogP contribution in [0.2, 0.25) is 0 Å². The highest BCUT2D eigenvalue weighted by Gasteiger charge is 2.17. The number of hydrogen-bond acceptors (Lipinski definition) is 3. The zero-order valence-electron chi connectivity index (χ0n) is 10.3. The van der Waals surface area contributed by atoms with Crippen molar-refractivity contribution in [2.24, 2.45) is 0 Å². The molecule has 6 heteroatoms. The lowest BCUT2D eigenvalue weighted by Gasteiger charge is -2.04. The Bertz CT molecular complexity index is 812. The van der Waals surface area contributed by atoms with E-state index in [2.05, 4.69) is 4.98 Å². The maximum absolute atomic E-state index is 12.5. The van der Waals surface area contributed by atoms with E-state index in [0.717, 1.165) is 0 Å². The summed E-state index contributed by atoms with van der Waals surface area (Å²) in [5, 5.41) is 9.79. The van der Waals surface area contributed by atoms with Gasteiger partial charge in [-0.15, -0.1) is 0 Å². The third-order valence-corrected chi connectivity index (χ3v) is 4.23. The molecule has 1 atom stereocenters. The van der Waals surface area contributed by atoms with E-state index in [1.54, 1.807) is 42.6 Å². The summed E-state index contributed by atoms with van der Waals surface area (Å²) in [5.74, 6) is -1.04. The average molecular weight is 286 g/mol. The van der Waals surface area contributed by atoms with E-state index in [4.69, 9.17) is 0 Å². The molecule has 1 aromatic carbocycles. The molecule has 2 aromatic heterocycles. The second-order valence-electron chi connectivity index (χ2n) is 4.13. The lowest BCUT2D eigenvalue weighted by atomic mass is 10.2. The van der Waals surface area contributed by atoms with Crippen LogP contribution >= 0.6 is 0 Å². The van der Waals surface area contributed by atoms with Crippen LogP contribution < -0.4 is 0 Å². The van der Waals surface area contributed by atoms with Crippen molar-refractivity contribution in [3.05, 3.63) is 60.6 Å². The van der Waals surface area contributed by atoms with Crippen molar-refractivity contribution in [2.75, 3.05) is 0 Å². The zero-order valence-corrected chi connectivity index (χ0v) is 11.1. The molecule has 0 bridgehead atoms. The molecule has 3 rings (SSSR count). The summed E-state index contributed by atoms with van der Waals surface area (Å²) >= 11 is 0. The van der Waals surface area contributed by atoms with E-state index in [-0.39, 0.29) is 5.56 Å². The number of aromatic nitrogens is 2. The molecule has 2 heterocycles. The molecule has 100 valence electrons. The van der Waals surface area contributed by atoms with Crippen LogP contribution in [0.4, 0.5) is 0 Å². The number of carboxylic acid groups (broad SMARTS) is 1. The topological polar surface area (TPSA) is 72.2 Å². The first-order chi connectivity index (χ1) is 9.68. The van der Waals surface area contributed by atoms with Gasteiger partial charge in [0.1, 0.15) is 0 Å². The molecule has 1 N–H and O–H groups in total. The number of carboxylic acids is 1. The van der Waals surface area contributed by atoms with Gasteiger partial charge in [-0.1, -0.05) is 18.2 Å². The summed E-state index contributed by atoms with van der Waals surface area (Å²) in [5.41, 5.74) is 0.755. The lowest BCUT2D eigenvalue weighted by Crippen LogP contribution is -2.04. The van der Waals surface area contributed by atoms with Gasteiger partial charge in [-0.2, -0.15) is 0 Å². The van der Waals surface area contributed by atoms with Gasteiger partial charge in [0.2, 0.25) is 0 Å². The van der Waals surface area contributed by atoms with Gasteiger partial charge in [-0.25, -0.2) is 9.00 Å². The van der Waals surface area contributed by atoms with Crippen molar-refractivity contribution in [2.45, 2.75) is 4.90 Å². The van der Waals surface area contributed by atoms with Gasteiger partial charge in [0.15, 0.2) is 11.0 Å². The molecule has 0 saturated heterocycles. The number of rotatable bonds is 3. The van der Waals surface area contributed by atoms with Crippen molar-refractivity contribution in [3.63, 3.8) is 0 Å². The molecular formula is C14H10N2O3S. The predicted octanol–water partition coefficient (Wildman–Crippen LogP) is 2.31. The summed E-state index contributed by atoms with van der Waals surface area (Å²) in [6.07, 6.45) is 4.50. The number of carbonyl (C=O) groups is 1. The molecule has 0 aliphatic rings. The third kappa shape index (κ3) is 2.00. The fourth-order valence-corrected chi connectivity index (χ4v) is 3.13. The van der Waals surface area contributed by atoms with Crippen LogP contribution in [0.3, 0.4) is 0 Å². The molecule has 0 fully saturated rings. The second-order valence-corrected chi connectivity index (χ2v) is 5.49. The van der Waals surface area contributed by atoms with Crippen LogP contribution in [-0.4, -0.2) is 24.2 Å². The fourth-order valence-electron chi connectivity index (χ4n) is 2.02. The number of hydrogen-bond donors (Lipinski definition) is 1. The molecule has 0 saturated carbocycles. The summed E-state index contributed by atoms with van der Waals surface area (Å²) in [4.78, 5) is 15.7. The molecule has 5 nitrogen and oxygen atoms in total. The molecule has 20 heavy (non-hydrogen) atoms. The maximum atomic E-state index is 12.5. The Morgan fingerprint density at radius 3 is 2.70 bits per heavy atom. The van der Waals surface area contributed by atoms with Crippen LogP contribution in [0.5, 0.6) is 0 Å². The number of nitrogens with zero attached hydrogens (tertiary/aromatic N) is 2. The van der Waals surface area contributed by atoms with Crippen molar-refractivity contribution in [1.82, 2.24) is 8.96 Å². The Morgan fingerprint density at radius 2 is 2.00 bits per heavy atom. The second kappa shape index (κ2) is 4.90. The van der Waals surface area contributed by atoms with E-state index >= 15 is 0 Å². The van der Waals surface area contributed by atoms with Crippen LogP contribution in [0.1, 0.15) is 10.4 Å². The Kier molecular flexibility index (Phi) is 3.08. The fraction of sp³-hybridized carbons (Fsp3) is 0. The van der Waals surface area contributed by atoms with Gasteiger partial charge in [0.05, 0.1) is 16.0 Å². The molecule has 0 amide bonds. The van der Waals surface area contributed by atoms with E-state index in [1.165, 1.54) is 16.4 Å². The van der Waals surface area contributed by atoms with Gasteiger partial charge in [-0.3, -0.25) is 8.96 Å². The minimum absolute atomic E-state index is 0.137. The highest BCUT2D eigenvalue weighted by molar-refractivity contribution is 7.83. The van der Waals surface area contributed by atoms with Gasteiger partial charge < -0.3 is 5.11 Å². The standard InChI is InChI=1S/C14H10N2O3S/c17-14(18)12-9-16(13-6-2-1-5-11(12)13)20(19)10-4-3-7-15-8-10/h1-9H,(H,17,18). The van der Waals surface area contributed by atoms with E-state index < -0.39 is 17.0 Å². The largest absolute Gasteiger partial charge is 0.478 e. The van der Waals surface area contributed by atoms with Gasteiger partial charge in [0, 0.05) is 24.0 Å². The van der Waals surface area contributed by atoms with E-state index in [0.29, 0.717) is 15.8 Å². The predicted molar refractivity (Wildman–Crippen MR) is 74.9 cm³/mol. The number of aromatic carboxylic acids is 1. The molecule has 3 aromatic rings. The van der Waals surface area contributed by atoms with Gasteiger partial charge in [-0.05, 0) is 18.2 Å². The van der Waals surface area contributed by atoms with Crippen LogP contribution in [0.25, 0.3) is 10.9 Å². The van der Waals surface area contributed by atoms with Crippen molar-refractivity contribution in [1.29, 1.82) is 0 Å². The highest BCUT2D eigenvalue weighted by Crippen LogP contribution is 2.23. The first-order valence-corrected chi connectivity index (χ1v) is 6.95. The molecule has 0 spiro atoms. The first-order valence-electron chi connectivity index (χ1n) is 5.84. The molecule has 1 unspecified atom stereocenters. The van der Waals surface area contributed by atoms with Crippen LogP contribution in [0.15, 0.2) is 59.9 Å². The summed E-state index contributed by atoms with van der Waals surface area (Å²) in [6, 6.07) is 10.4. The molecule has 0 aliphatic carbocycles. The summed E-state index contributed by atoms with van der Waals surface area (Å²) < 4.78 is 14.0. The normalized spacial score (nSPS) is 12.4. The van der Waals surface area contributed by atoms with Gasteiger partial charge >= 0.3 is 5.97 Å². The molecular weight excluding hydrogens is 276 g/mol. The first kappa shape index (κ1) is 12.6. The SMILES string of the molecule is O=C(O)c1cn(S(=O)c2cccnc2)c2ccccc12. The van der Waals surface area contributed by atoms with Crippen molar-refractivity contribution in [3.8, 4) is 0 Å². The highest BCUT2D eigenvalue weighted by atomic mass is 32.2. The van der Waals surface area contributed by atoms with E-state index in [9.17, 15) is 14.1 Å². The van der Waals surface area contributed by atoms with Crippen LogP contribution in [-0.2, 0) is 11.0 Å². The smallest absolute Gasteiger partial charge is 0.337 e. The number of pyridine rings is 1. The van der Waals surface area contributed by atoms with Gasteiger partial charge in [0.25, 0.3) is 0 Å². The maximum Gasteiger partial charge on any atom is 0.337 e. The third-order valence-electron chi connectivity index (χ3n) is 2.92. The minimum atomic E-state index is -1.53. The zero-order chi connectivity index (χ0) is 14.1.